The van der Waals surface area contributed by atoms with E-state index < -0.39 is 5.60 Å². The zero-order chi connectivity index (χ0) is 14.6. The van der Waals surface area contributed by atoms with Crippen molar-refractivity contribution in [3.8, 4) is 11.8 Å². The van der Waals surface area contributed by atoms with Crippen molar-refractivity contribution in [3.05, 3.63) is 21.9 Å². The molecule has 1 heterocycles. The van der Waals surface area contributed by atoms with Crippen LogP contribution in [0.3, 0.4) is 0 Å². The topological polar surface area (TPSA) is 60.8 Å². The highest BCUT2D eigenvalue weighted by atomic mass is 32.1. The molecule has 0 aromatic carbocycles. The van der Waals surface area contributed by atoms with Gasteiger partial charge in [-0.05, 0) is 18.9 Å². The van der Waals surface area contributed by atoms with Gasteiger partial charge >= 0.3 is 0 Å². The Hall–Kier alpha value is -1.35. The van der Waals surface area contributed by atoms with E-state index in [1.54, 1.807) is 23.4 Å². The van der Waals surface area contributed by atoms with Crippen LogP contribution in [0.5, 0.6) is 0 Å². The van der Waals surface area contributed by atoms with Gasteiger partial charge in [0.1, 0.15) is 6.61 Å². The summed E-state index contributed by atoms with van der Waals surface area (Å²) in [6, 6.07) is 1.73. The van der Waals surface area contributed by atoms with Crippen LogP contribution >= 0.6 is 11.3 Å². The Labute approximate surface area is 123 Å². The smallest absolute Gasteiger partial charge is 0.254 e. The lowest BCUT2D eigenvalue weighted by molar-refractivity contribution is 0.0157. The first-order chi connectivity index (χ1) is 9.54. The first-order valence-corrected chi connectivity index (χ1v) is 7.58. The van der Waals surface area contributed by atoms with E-state index in [-0.39, 0.29) is 12.5 Å². The predicted octanol–water partition coefficient (Wildman–Crippen LogP) is 1.47. The molecule has 0 unspecified atom stereocenters. The number of carbonyl (C=O) groups is 1. The number of likely N-dealkylation sites (N-methyl/N-ethyl adjacent to an activating group) is 1. The average molecular weight is 293 g/mol. The molecule has 2 rings (SSSR count). The molecule has 1 aromatic heterocycles. The number of aliphatic hydroxyl groups is 2. The van der Waals surface area contributed by atoms with E-state index in [0.29, 0.717) is 12.1 Å². The maximum absolute atomic E-state index is 12.3. The lowest BCUT2D eigenvalue weighted by atomic mass is 10.0. The average Bonchev–Trinajstić information content (AvgIpc) is 3.04. The molecule has 0 aliphatic heterocycles. The summed E-state index contributed by atoms with van der Waals surface area (Å²) in [5.41, 5.74) is -0.138. The van der Waals surface area contributed by atoms with E-state index in [1.165, 1.54) is 11.3 Å². The zero-order valence-corrected chi connectivity index (χ0v) is 12.4. The number of hydrogen-bond acceptors (Lipinski definition) is 4. The van der Waals surface area contributed by atoms with Crippen molar-refractivity contribution < 1.29 is 15.0 Å². The summed E-state index contributed by atoms with van der Waals surface area (Å²) in [4.78, 5) is 14.6. The first-order valence-electron chi connectivity index (χ1n) is 6.70. The van der Waals surface area contributed by atoms with Crippen molar-refractivity contribution in [2.24, 2.45) is 0 Å². The molecule has 1 aliphatic rings. The van der Waals surface area contributed by atoms with Gasteiger partial charge in [-0.3, -0.25) is 4.79 Å². The number of carbonyl (C=O) groups excluding carboxylic acids is 1. The van der Waals surface area contributed by atoms with Crippen molar-refractivity contribution in [1.29, 1.82) is 0 Å². The molecule has 4 nitrogen and oxygen atoms in total. The summed E-state index contributed by atoms with van der Waals surface area (Å²) in [6.45, 7) is 0.188. The Morgan fingerprint density at radius 2 is 2.20 bits per heavy atom. The molecule has 0 spiro atoms. The first kappa shape index (κ1) is 15.0. The molecule has 20 heavy (non-hydrogen) atoms. The third-order valence-electron chi connectivity index (χ3n) is 3.55. The Kier molecular flexibility index (Phi) is 4.81. The number of hydrogen-bond donors (Lipinski definition) is 2. The second kappa shape index (κ2) is 6.40. The summed E-state index contributed by atoms with van der Waals surface area (Å²) >= 11 is 1.38. The molecule has 0 saturated heterocycles. The third-order valence-corrected chi connectivity index (χ3v) is 4.40. The molecule has 1 saturated carbocycles. The largest absolute Gasteiger partial charge is 0.388 e. The lowest BCUT2D eigenvalue weighted by Crippen LogP contribution is -2.41. The maximum Gasteiger partial charge on any atom is 0.254 e. The number of thiophene rings is 1. The quantitative estimate of drug-likeness (QED) is 0.830. The molecule has 108 valence electrons. The molecule has 2 N–H and O–H groups in total. The summed E-state index contributed by atoms with van der Waals surface area (Å²) in [5.74, 6) is 5.25. The van der Waals surface area contributed by atoms with Gasteiger partial charge in [-0.15, -0.1) is 11.3 Å². The second-order valence-electron chi connectivity index (χ2n) is 5.25. The van der Waals surface area contributed by atoms with Gasteiger partial charge in [-0.25, -0.2) is 0 Å². The lowest BCUT2D eigenvalue weighted by Gasteiger charge is -2.28. The Bertz CT molecular complexity index is 535. The standard InChI is InChI=1S/C15H19NO3S/c1-16(11-15(19)6-2-3-7-15)14(18)12-9-13(20-10-12)5-4-8-17/h9-10,17,19H,2-3,6-8,11H2,1H3. The van der Waals surface area contributed by atoms with Crippen molar-refractivity contribution in [3.63, 3.8) is 0 Å². The Balaban J connectivity index is 2.01. The van der Waals surface area contributed by atoms with Crippen LogP contribution in [0.25, 0.3) is 0 Å². The van der Waals surface area contributed by atoms with E-state index in [4.69, 9.17) is 5.11 Å². The van der Waals surface area contributed by atoms with Crippen LogP contribution in [0.1, 0.15) is 40.9 Å². The third kappa shape index (κ3) is 3.60. The fourth-order valence-electron chi connectivity index (χ4n) is 2.57. The highest BCUT2D eigenvalue weighted by Crippen LogP contribution is 2.30. The second-order valence-corrected chi connectivity index (χ2v) is 6.16. The molecule has 1 aromatic rings. The van der Waals surface area contributed by atoms with Gasteiger partial charge in [0, 0.05) is 19.0 Å². The molecule has 0 radical (unpaired) electrons. The van der Waals surface area contributed by atoms with Crippen LogP contribution in [-0.2, 0) is 0 Å². The van der Waals surface area contributed by atoms with E-state index in [9.17, 15) is 9.90 Å². The molecule has 0 atom stereocenters. The highest BCUT2D eigenvalue weighted by Gasteiger charge is 2.33. The van der Waals surface area contributed by atoms with Crippen LogP contribution in [-0.4, -0.2) is 46.8 Å². The van der Waals surface area contributed by atoms with E-state index in [2.05, 4.69) is 11.8 Å². The molecule has 1 fully saturated rings. The summed E-state index contributed by atoms with van der Waals surface area (Å²) in [7, 11) is 1.72. The predicted molar refractivity (Wildman–Crippen MR) is 78.7 cm³/mol. The number of rotatable bonds is 3. The fraction of sp³-hybridized carbons (Fsp3) is 0.533. The fourth-order valence-corrected chi connectivity index (χ4v) is 3.31. The van der Waals surface area contributed by atoms with Gasteiger partial charge < -0.3 is 15.1 Å². The van der Waals surface area contributed by atoms with Crippen molar-refractivity contribution >= 4 is 17.2 Å². The summed E-state index contributed by atoms with van der Waals surface area (Å²) < 4.78 is 0. The molecular weight excluding hydrogens is 274 g/mol. The van der Waals surface area contributed by atoms with Crippen molar-refractivity contribution in [1.82, 2.24) is 4.90 Å². The summed E-state index contributed by atoms with van der Waals surface area (Å²) in [5, 5.41) is 20.7. The van der Waals surface area contributed by atoms with Gasteiger partial charge in [0.25, 0.3) is 5.91 Å². The zero-order valence-electron chi connectivity index (χ0n) is 11.6. The number of nitrogens with zero attached hydrogens (tertiary/aromatic N) is 1. The van der Waals surface area contributed by atoms with E-state index >= 15 is 0 Å². The van der Waals surface area contributed by atoms with Crippen LogP contribution in [0, 0.1) is 11.8 Å². The molecule has 1 amide bonds. The summed E-state index contributed by atoms with van der Waals surface area (Å²) in [6.07, 6.45) is 3.58. The molecule has 1 aliphatic carbocycles. The van der Waals surface area contributed by atoms with Crippen LogP contribution in [0.2, 0.25) is 0 Å². The van der Waals surface area contributed by atoms with Crippen LogP contribution in [0.4, 0.5) is 0 Å². The van der Waals surface area contributed by atoms with Crippen LogP contribution < -0.4 is 0 Å². The van der Waals surface area contributed by atoms with Gasteiger partial charge in [-0.2, -0.15) is 0 Å². The minimum Gasteiger partial charge on any atom is -0.388 e. The van der Waals surface area contributed by atoms with Crippen molar-refractivity contribution in [2.45, 2.75) is 31.3 Å². The Morgan fingerprint density at radius 1 is 1.50 bits per heavy atom. The molecular formula is C15H19NO3S. The van der Waals surface area contributed by atoms with Crippen molar-refractivity contribution in [2.75, 3.05) is 20.2 Å². The van der Waals surface area contributed by atoms with Gasteiger partial charge in [0.2, 0.25) is 0 Å². The minimum absolute atomic E-state index is 0.0985. The van der Waals surface area contributed by atoms with Gasteiger partial charge in [0.15, 0.2) is 0 Å². The maximum atomic E-state index is 12.3. The molecule has 0 bridgehead atoms. The van der Waals surface area contributed by atoms with E-state index in [0.717, 1.165) is 30.6 Å². The van der Waals surface area contributed by atoms with Gasteiger partial charge in [0.05, 0.1) is 16.0 Å². The Morgan fingerprint density at radius 3 is 2.85 bits per heavy atom. The van der Waals surface area contributed by atoms with Gasteiger partial charge in [-0.1, -0.05) is 24.7 Å². The SMILES string of the molecule is CN(CC1(O)CCCC1)C(=O)c1csc(C#CCO)c1. The van der Waals surface area contributed by atoms with Crippen LogP contribution in [0.15, 0.2) is 11.4 Å². The number of amides is 1. The van der Waals surface area contributed by atoms with E-state index in [1.807, 2.05) is 0 Å². The normalized spacial score (nSPS) is 16.6. The highest BCUT2D eigenvalue weighted by molar-refractivity contribution is 7.10. The molecule has 5 heteroatoms. The number of aliphatic hydroxyl groups excluding tert-OH is 1. The monoisotopic (exact) mass is 293 g/mol. The minimum atomic E-state index is -0.722.